The molecule has 1 aliphatic heterocycles. The fourth-order valence-electron chi connectivity index (χ4n) is 2.47. The highest BCUT2D eigenvalue weighted by atomic mass is 19.4. The summed E-state index contributed by atoms with van der Waals surface area (Å²) in [6.07, 6.45) is -4.33. The number of anilines is 1. The number of benzene rings is 1. The van der Waals surface area contributed by atoms with E-state index in [1.165, 1.54) is 6.07 Å². The monoisotopic (exact) mass is 269 g/mol. The van der Waals surface area contributed by atoms with E-state index in [4.69, 9.17) is 0 Å². The lowest BCUT2D eigenvalue weighted by Crippen LogP contribution is -2.43. The van der Waals surface area contributed by atoms with Crippen molar-refractivity contribution in [2.75, 3.05) is 31.1 Å². The van der Waals surface area contributed by atoms with Gasteiger partial charge < -0.3 is 15.2 Å². The zero-order valence-corrected chi connectivity index (χ0v) is 10.2. The highest BCUT2D eigenvalue weighted by Gasteiger charge is 2.33. The lowest BCUT2D eigenvalue weighted by atomic mass is 10.1. The maximum absolute atomic E-state index is 12.7. The summed E-state index contributed by atoms with van der Waals surface area (Å²) in [4.78, 5) is 4.57. The van der Waals surface area contributed by atoms with Gasteiger partial charge in [-0.25, -0.2) is 0 Å². The number of piperazine rings is 1. The Morgan fingerprint density at radius 2 is 1.84 bits per heavy atom. The predicted molar refractivity (Wildman–Crippen MR) is 68.4 cm³/mol. The molecule has 102 valence electrons. The van der Waals surface area contributed by atoms with Crippen LogP contribution in [0.15, 0.2) is 24.3 Å². The minimum Gasteiger partial charge on any atom is -0.368 e. The molecular weight excluding hydrogens is 255 g/mol. The third-order valence-corrected chi connectivity index (χ3v) is 3.40. The number of aromatic nitrogens is 1. The van der Waals surface area contributed by atoms with E-state index in [-0.39, 0.29) is 0 Å². The fraction of sp³-hybridized carbons (Fsp3) is 0.385. The molecule has 0 saturated carbocycles. The van der Waals surface area contributed by atoms with Crippen LogP contribution in [0.25, 0.3) is 10.9 Å². The second-order valence-corrected chi connectivity index (χ2v) is 4.66. The van der Waals surface area contributed by atoms with Gasteiger partial charge in [0.1, 0.15) is 5.69 Å². The van der Waals surface area contributed by atoms with Crippen LogP contribution in [0.5, 0.6) is 0 Å². The van der Waals surface area contributed by atoms with E-state index in [2.05, 4.69) is 15.2 Å². The Hall–Kier alpha value is -1.69. The molecule has 0 radical (unpaired) electrons. The Labute approximate surface area is 108 Å². The molecule has 0 aliphatic carbocycles. The number of rotatable bonds is 1. The predicted octanol–water partition coefficient (Wildman–Crippen LogP) is 2.60. The van der Waals surface area contributed by atoms with Crippen molar-refractivity contribution in [3.8, 4) is 0 Å². The summed E-state index contributed by atoms with van der Waals surface area (Å²) >= 11 is 0. The lowest BCUT2D eigenvalue weighted by Gasteiger charge is -2.30. The van der Waals surface area contributed by atoms with Crippen molar-refractivity contribution < 1.29 is 13.2 Å². The van der Waals surface area contributed by atoms with Gasteiger partial charge in [-0.3, -0.25) is 0 Å². The van der Waals surface area contributed by atoms with Gasteiger partial charge in [0, 0.05) is 42.8 Å². The molecule has 2 N–H and O–H groups in total. The van der Waals surface area contributed by atoms with Gasteiger partial charge in [-0.1, -0.05) is 6.07 Å². The zero-order valence-electron chi connectivity index (χ0n) is 10.2. The molecule has 0 amide bonds. The Morgan fingerprint density at radius 1 is 1.11 bits per heavy atom. The van der Waals surface area contributed by atoms with Crippen LogP contribution >= 0.6 is 0 Å². The van der Waals surface area contributed by atoms with Crippen molar-refractivity contribution >= 4 is 16.6 Å². The molecule has 0 unspecified atom stereocenters. The highest BCUT2D eigenvalue weighted by molar-refractivity contribution is 5.93. The number of H-pyrrole nitrogens is 1. The van der Waals surface area contributed by atoms with Crippen molar-refractivity contribution in [2.24, 2.45) is 0 Å². The number of alkyl halides is 3. The van der Waals surface area contributed by atoms with Gasteiger partial charge in [0.25, 0.3) is 0 Å². The third kappa shape index (κ3) is 2.28. The number of nitrogens with zero attached hydrogens (tertiary/aromatic N) is 1. The molecule has 2 aromatic rings. The molecule has 6 heteroatoms. The van der Waals surface area contributed by atoms with Crippen molar-refractivity contribution in [3.63, 3.8) is 0 Å². The Balaban J connectivity index is 2.07. The molecule has 0 bridgehead atoms. The number of aromatic amines is 1. The van der Waals surface area contributed by atoms with Crippen molar-refractivity contribution in [3.05, 3.63) is 30.0 Å². The first-order chi connectivity index (χ1) is 9.05. The molecule has 19 heavy (non-hydrogen) atoms. The smallest absolute Gasteiger partial charge is 0.368 e. The SMILES string of the molecule is FC(F)(F)c1cc2c(N3CCNCC3)cccc2[nH]1. The van der Waals surface area contributed by atoms with Crippen molar-refractivity contribution in [2.45, 2.75) is 6.18 Å². The molecule has 3 rings (SSSR count). The van der Waals surface area contributed by atoms with Crippen LogP contribution in [0.4, 0.5) is 18.9 Å². The average molecular weight is 269 g/mol. The first-order valence-corrected chi connectivity index (χ1v) is 6.20. The summed E-state index contributed by atoms with van der Waals surface area (Å²) < 4.78 is 38.2. The quantitative estimate of drug-likeness (QED) is 0.833. The van der Waals surface area contributed by atoms with Crippen LogP contribution in [-0.4, -0.2) is 31.2 Å². The number of hydrogen-bond acceptors (Lipinski definition) is 2. The van der Waals surface area contributed by atoms with Gasteiger partial charge in [-0.15, -0.1) is 0 Å². The fourth-order valence-corrected chi connectivity index (χ4v) is 2.47. The summed E-state index contributed by atoms with van der Waals surface area (Å²) in [7, 11) is 0. The van der Waals surface area contributed by atoms with E-state index in [1.807, 2.05) is 6.07 Å². The van der Waals surface area contributed by atoms with Gasteiger partial charge in [0.15, 0.2) is 0 Å². The number of halogens is 3. The molecule has 1 aromatic carbocycles. The Kier molecular flexibility index (Phi) is 2.89. The van der Waals surface area contributed by atoms with Crippen molar-refractivity contribution in [1.29, 1.82) is 0 Å². The van der Waals surface area contributed by atoms with Crippen LogP contribution in [-0.2, 0) is 6.18 Å². The van der Waals surface area contributed by atoms with Gasteiger partial charge in [-0.05, 0) is 18.2 Å². The normalized spacial score (nSPS) is 17.1. The minimum absolute atomic E-state index is 0.531. The molecule has 1 aliphatic rings. The number of nitrogens with one attached hydrogen (secondary N) is 2. The zero-order chi connectivity index (χ0) is 13.5. The van der Waals surface area contributed by atoms with Gasteiger partial charge in [0.05, 0.1) is 0 Å². The molecule has 1 aromatic heterocycles. The van der Waals surface area contributed by atoms with Crippen molar-refractivity contribution in [1.82, 2.24) is 10.3 Å². The standard InChI is InChI=1S/C13H14F3N3/c14-13(15,16)12-8-9-10(18-12)2-1-3-11(9)19-6-4-17-5-7-19/h1-3,8,17-18H,4-7H2. The highest BCUT2D eigenvalue weighted by Crippen LogP contribution is 2.34. The van der Waals surface area contributed by atoms with Gasteiger partial charge >= 0.3 is 6.18 Å². The van der Waals surface area contributed by atoms with Crippen LogP contribution in [0.3, 0.4) is 0 Å². The van der Waals surface area contributed by atoms with E-state index in [0.717, 1.165) is 31.9 Å². The average Bonchev–Trinajstić information content (AvgIpc) is 2.83. The third-order valence-electron chi connectivity index (χ3n) is 3.40. The van der Waals surface area contributed by atoms with E-state index in [1.54, 1.807) is 12.1 Å². The molecule has 1 fully saturated rings. The number of hydrogen-bond donors (Lipinski definition) is 2. The second kappa shape index (κ2) is 4.45. The van der Waals surface area contributed by atoms with E-state index >= 15 is 0 Å². The molecule has 3 nitrogen and oxygen atoms in total. The maximum Gasteiger partial charge on any atom is 0.431 e. The summed E-state index contributed by atoms with van der Waals surface area (Å²) in [5.41, 5.74) is 0.708. The molecule has 0 spiro atoms. The Morgan fingerprint density at radius 3 is 2.53 bits per heavy atom. The van der Waals surface area contributed by atoms with Crippen LogP contribution in [0, 0.1) is 0 Å². The summed E-state index contributed by atoms with van der Waals surface area (Å²) in [5.74, 6) is 0. The largest absolute Gasteiger partial charge is 0.431 e. The van der Waals surface area contributed by atoms with E-state index in [0.29, 0.717) is 10.9 Å². The number of fused-ring (bicyclic) bond motifs is 1. The van der Waals surface area contributed by atoms with Crippen LogP contribution < -0.4 is 10.2 Å². The minimum atomic E-state index is -4.33. The summed E-state index contributed by atoms with van der Waals surface area (Å²) in [6, 6.07) is 6.54. The molecule has 2 heterocycles. The topological polar surface area (TPSA) is 31.1 Å². The molecule has 1 saturated heterocycles. The lowest BCUT2D eigenvalue weighted by molar-refractivity contribution is -0.140. The summed E-state index contributed by atoms with van der Waals surface area (Å²) in [5, 5.41) is 3.87. The van der Waals surface area contributed by atoms with Crippen LogP contribution in [0.2, 0.25) is 0 Å². The molecular formula is C13H14F3N3. The van der Waals surface area contributed by atoms with Gasteiger partial charge in [-0.2, -0.15) is 13.2 Å². The van der Waals surface area contributed by atoms with E-state index in [9.17, 15) is 13.2 Å². The first-order valence-electron chi connectivity index (χ1n) is 6.20. The second-order valence-electron chi connectivity index (χ2n) is 4.66. The first kappa shape index (κ1) is 12.3. The van der Waals surface area contributed by atoms with Gasteiger partial charge in [0.2, 0.25) is 0 Å². The summed E-state index contributed by atoms with van der Waals surface area (Å²) in [6.45, 7) is 3.33. The van der Waals surface area contributed by atoms with Crippen LogP contribution in [0.1, 0.15) is 5.69 Å². The Bertz CT molecular complexity index is 582. The maximum atomic E-state index is 12.7. The molecule has 0 atom stereocenters. The van der Waals surface area contributed by atoms with E-state index < -0.39 is 11.9 Å².